The highest BCUT2D eigenvalue weighted by Gasteiger charge is 2.21. The monoisotopic (exact) mass is 307 g/mol. The van der Waals surface area contributed by atoms with Crippen LogP contribution in [0.5, 0.6) is 5.75 Å². The second kappa shape index (κ2) is 9.13. The summed E-state index contributed by atoms with van der Waals surface area (Å²) >= 11 is 0. The smallest absolute Gasteiger partial charge is 0.119 e. The zero-order chi connectivity index (χ0) is 15.8. The Morgan fingerprint density at radius 2 is 2.09 bits per heavy atom. The van der Waals surface area contributed by atoms with Crippen LogP contribution in [0.3, 0.4) is 0 Å². The molecule has 1 unspecified atom stereocenters. The van der Waals surface area contributed by atoms with Gasteiger partial charge in [0.2, 0.25) is 0 Å². The summed E-state index contributed by atoms with van der Waals surface area (Å²) < 4.78 is 11.2. The molecule has 0 saturated carbocycles. The van der Waals surface area contributed by atoms with Crippen LogP contribution in [-0.2, 0) is 4.74 Å². The summed E-state index contributed by atoms with van der Waals surface area (Å²) in [7, 11) is 0. The zero-order valence-electron chi connectivity index (χ0n) is 13.8. The van der Waals surface area contributed by atoms with Crippen molar-refractivity contribution in [3.63, 3.8) is 0 Å². The normalized spacial score (nSPS) is 18.3. The van der Waals surface area contributed by atoms with Gasteiger partial charge in [-0.1, -0.05) is 12.1 Å². The molecule has 4 heteroatoms. The molecule has 22 heavy (non-hydrogen) atoms. The summed E-state index contributed by atoms with van der Waals surface area (Å²) in [5.74, 6) is 1.51. The number of aliphatic hydroxyl groups is 1. The van der Waals surface area contributed by atoms with Crippen molar-refractivity contribution in [2.75, 3.05) is 39.5 Å². The first-order valence-corrected chi connectivity index (χ1v) is 8.35. The Morgan fingerprint density at radius 3 is 2.77 bits per heavy atom. The molecule has 124 valence electrons. The number of nitrogens with zero attached hydrogens (tertiary/aromatic N) is 1. The number of hydrogen-bond donors (Lipinski definition) is 1. The lowest BCUT2D eigenvalue weighted by molar-refractivity contribution is 0.0379. The third kappa shape index (κ3) is 5.95. The second-order valence-corrected chi connectivity index (χ2v) is 6.18. The fourth-order valence-corrected chi connectivity index (χ4v) is 2.87. The lowest BCUT2D eigenvalue weighted by Crippen LogP contribution is -2.41. The van der Waals surface area contributed by atoms with Crippen LogP contribution in [0.2, 0.25) is 0 Å². The zero-order valence-corrected chi connectivity index (χ0v) is 13.8. The summed E-state index contributed by atoms with van der Waals surface area (Å²) in [4.78, 5) is 2.33. The van der Waals surface area contributed by atoms with Crippen molar-refractivity contribution < 1.29 is 14.6 Å². The minimum Gasteiger partial charge on any atom is -0.491 e. The van der Waals surface area contributed by atoms with E-state index in [1.54, 1.807) is 0 Å². The van der Waals surface area contributed by atoms with Gasteiger partial charge in [-0.05, 0) is 63.4 Å². The number of piperidine rings is 1. The predicted octanol–water partition coefficient (Wildman–Crippen LogP) is 2.48. The summed E-state index contributed by atoms with van der Waals surface area (Å²) in [5.41, 5.74) is 1.17. The molecule has 2 rings (SSSR count). The van der Waals surface area contributed by atoms with Gasteiger partial charge >= 0.3 is 0 Å². The van der Waals surface area contributed by atoms with E-state index in [1.165, 1.54) is 5.56 Å². The Hall–Kier alpha value is -1.10. The van der Waals surface area contributed by atoms with Crippen LogP contribution in [0, 0.1) is 12.8 Å². The van der Waals surface area contributed by atoms with Gasteiger partial charge in [-0.2, -0.15) is 0 Å². The highest BCUT2D eigenvalue weighted by atomic mass is 16.5. The van der Waals surface area contributed by atoms with E-state index < -0.39 is 6.10 Å². The van der Waals surface area contributed by atoms with E-state index in [1.807, 2.05) is 38.1 Å². The van der Waals surface area contributed by atoms with E-state index in [0.717, 1.165) is 44.9 Å². The molecule has 0 bridgehead atoms. The number of rotatable bonds is 8. The van der Waals surface area contributed by atoms with Crippen molar-refractivity contribution in [2.45, 2.75) is 32.8 Å². The van der Waals surface area contributed by atoms with Gasteiger partial charge in [0.05, 0.1) is 0 Å². The molecule has 0 aliphatic carbocycles. The van der Waals surface area contributed by atoms with E-state index in [-0.39, 0.29) is 0 Å². The van der Waals surface area contributed by atoms with E-state index in [9.17, 15) is 5.11 Å². The Balaban J connectivity index is 1.64. The SMILES string of the molecule is CCOCC1CCN(CC(O)COc2cccc(C)c2)CC1. The van der Waals surface area contributed by atoms with E-state index in [0.29, 0.717) is 19.1 Å². The molecule has 0 amide bonds. The fraction of sp³-hybridized carbons (Fsp3) is 0.667. The molecule has 1 atom stereocenters. The average molecular weight is 307 g/mol. The van der Waals surface area contributed by atoms with Crippen LogP contribution >= 0.6 is 0 Å². The molecule has 4 nitrogen and oxygen atoms in total. The first-order chi connectivity index (χ1) is 10.7. The number of likely N-dealkylation sites (tertiary alicyclic amines) is 1. The van der Waals surface area contributed by atoms with E-state index >= 15 is 0 Å². The van der Waals surface area contributed by atoms with E-state index in [2.05, 4.69) is 4.90 Å². The largest absolute Gasteiger partial charge is 0.491 e. The fourth-order valence-electron chi connectivity index (χ4n) is 2.87. The average Bonchev–Trinajstić information content (AvgIpc) is 2.52. The molecular formula is C18H29NO3. The van der Waals surface area contributed by atoms with Gasteiger partial charge in [0.15, 0.2) is 0 Å². The van der Waals surface area contributed by atoms with Gasteiger partial charge in [-0.15, -0.1) is 0 Å². The maximum absolute atomic E-state index is 10.1. The van der Waals surface area contributed by atoms with Crippen LogP contribution in [0.25, 0.3) is 0 Å². The quantitative estimate of drug-likeness (QED) is 0.801. The summed E-state index contributed by atoms with van der Waals surface area (Å²) in [5, 5.41) is 10.1. The van der Waals surface area contributed by atoms with Gasteiger partial charge < -0.3 is 19.5 Å². The van der Waals surface area contributed by atoms with Crippen LogP contribution in [0.15, 0.2) is 24.3 Å². The summed E-state index contributed by atoms with van der Waals surface area (Å²) in [6.45, 7) is 8.88. The molecule has 0 spiro atoms. The third-order valence-corrected chi connectivity index (χ3v) is 4.17. The number of β-amino-alcohol motifs (C(OH)–C–C–N with tert-alkyl or cyclic N) is 1. The molecule has 0 radical (unpaired) electrons. The van der Waals surface area contributed by atoms with Crippen molar-refractivity contribution in [1.29, 1.82) is 0 Å². The molecule has 1 N–H and O–H groups in total. The molecule has 1 aliphatic heterocycles. The molecule has 1 saturated heterocycles. The van der Waals surface area contributed by atoms with Crippen LogP contribution in [0.4, 0.5) is 0 Å². The second-order valence-electron chi connectivity index (χ2n) is 6.18. The summed E-state index contributed by atoms with van der Waals surface area (Å²) in [6, 6.07) is 7.93. The highest BCUT2D eigenvalue weighted by Crippen LogP contribution is 2.18. The number of aliphatic hydroxyl groups excluding tert-OH is 1. The van der Waals surface area contributed by atoms with E-state index in [4.69, 9.17) is 9.47 Å². The molecule has 1 heterocycles. The molecule has 1 fully saturated rings. The van der Waals surface area contributed by atoms with Gasteiger partial charge in [0, 0.05) is 19.8 Å². The number of aryl methyl sites for hydroxylation is 1. The predicted molar refractivity (Wildman–Crippen MR) is 88.3 cm³/mol. The van der Waals surface area contributed by atoms with Crippen LogP contribution < -0.4 is 4.74 Å². The molecule has 1 aromatic rings. The minimum atomic E-state index is -0.441. The van der Waals surface area contributed by atoms with Crippen molar-refractivity contribution >= 4 is 0 Å². The summed E-state index contributed by atoms with van der Waals surface area (Å²) in [6.07, 6.45) is 1.88. The Labute approximate surface area is 134 Å². The van der Waals surface area contributed by atoms with Gasteiger partial charge in [-0.25, -0.2) is 0 Å². The number of benzene rings is 1. The maximum atomic E-state index is 10.1. The standard InChI is InChI=1S/C18H29NO3/c1-3-21-13-16-7-9-19(10-8-16)12-17(20)14-22-18-6-4-5-15(2)11-18/h4-6,11,16-17,20H,3,7-10,12-14H2,1-2H3. The number of ether oxygens (including phenoxy) is 2. The van der Waals surface area contributed by atoms with Crippen LogP contribution in [0.1, 0.15) is 25.3 Å². The molecular weight excluding hydrogens is 278 g/mol. The maximum Gasteiger partial charge on any atom is 0.119 e. The lowest BCUT2D eigenvalue weighted by Gasteiger charge is -2.32. The van der Waals surface area contributed by atoms with Gasteiger partial charge in [-0.3, -0.25) is 0 Å². The highest BCUT2D eigenvalue weighted by molar-refractivity contribution is 5.27. The molecule has 1 aliphatic rings. The van der Waals surface area contributed by atoms with Crippen molar-refractivity contribution in [3.8, 4) is 5.75 Å². The lowest BCUT2D eigenvalue weighted by atomic mass is 9.97. The third-order valence-electron chi connectivity index (χ3n) is 4.17. The Morgan fingerprint density at radius 1 is 1.32 bits per heavy atom. The van der Waals surface area contributed by atoms with Crippen LogP contribution in [-0.4, -0.2) is 55.6 Å². The van der Waals surface area contributed by atoms with Gasteiger partial charge in [0.1, 0.15) is 18.5 Å². The van der Waals surface area contributed by atoms with Crippen molar-refractivity contribution in [1.82, 2.24) is 4.90 Å². The first kappa shape index (κ1) is 17.3. The first-order valence-electron chi connectivity index (χ1n) is 8.35. The molecule has 1 aromatic carbocycles. The Kier molecular flexibility index (Phi) is 7.16. The molecule has 0 aromatic heterocycles. The minimum absolute atomic E-state index is 0.350. The topological polar surface area (TPSA) is 41.9 Å². The van der Waals surface area contributed by atoms with Gasteiger partial charge in [0.25, 0.3) is 0 Å². The van der Waals surface area contributed by atoms with Crippen molar-refractivity contribution in [2.24, 2.45) is 5.92 Å². The Bertz CT molecular complexity index is 430. The van der Waals surface area contributed by atoms with Crippen molar-refractivity contribution in [3.05, 3.63) is 29.8 Å². The number of hydrogen-bond acceptors (Lipinski definition) is 4.